The van der Waals surface area contributed by atoms with Gasteiger partial charge in [-0.05, 0) is 55.3 Å². The number of carboxylic acid groups (broad SMARTS) is 1. The SMILES string of the molecule is CC1(COc2cccc(C(CC(=O)O)C3CC3)c2)CCNC1. The second-order valence-corrected chi connectivity index (χ2v) is 7.14. The maximum Gasteiger partial charge on any atom is 0.303 e. The molecule has 120 valence electrons. The van der Waals surface area contributed by atoms with Crippen molar-refractivity contribution in [2.45, 2.75) is 38.5 Å². The molecule has 1 aliphatic carbocycles. The fraction of sp³-hybridized carbons (Fsp3) is 0.611. The van der Waals surface area contributed by atoms with E-state index in [-0.39, 0.29) is 17.8 Å². The molecular weight excluding hydrogens is 278 g/mol. The van der Waals surface area contributed by atoms with Crippen molar-refractivity contribution in [2.24, 2.45) is 11.3 Å². The van der Waals surface area contributed by atoms with Crippen LogP contribution in [-0.4, -0.2) is 30.8 Å². The summed E-state index contributed by atoms with van der Waals surface area (Å²) in [6, 6.07) is 8.03. The van der Waals surface area contributed by atoms with Crippen LogP contribution in [0.5, 0.6) is 5.75 Å². The highest BCUT2D eigenvalue weighted by Gasteiger charge is 2.34. The van der Waals surface area contributed by atoms with E-state index in [1.807, 2.05) is 24.3 Å². The van der Waals surface area contributed by atoms with Gasteiger partial charge in [0, 0.05) is 12.0 Å². The standard InChI is InChI=1S/C18H25NO3/c1-18(7-8-19-11-18)12-22-15-4-2-3-14(9-15)16(10-17(20)21)13-5-6-13/h2-4,9,13,16,19H,5-8,10-12H2,1H3,(H,20,21). The molecule has 4 heteroatoms. The summed E-state index contributed by atoms with van der Waals surface area (Å²) >= 11 is 0. The number of benzene rings is 1. The Morgan fingerprint density at radius 1 is 1.50 bits per heavy atom. The Balaban J connectivity index is 1.67. The van der Waals surface area contributed by atoms with E-state index in [0.29, 0.717) is 12.5 Å². The average Bonchev–Trinajstić information content (AvgIpc) is 3.25. The Morgan fingerprint density at radius 2 is 2.32 bits per heavy atom. The first kappa shape index (κ1) is 15.3. The number of rotatable bonds is 7. The van der Waals surface area contributed by atoms with Gasteiger partial charge in [0.1, 0.15) is 5.75 Å². The van der Waals surface area contributed by atoms with Gasteiger partial charge in [-0.1, -0.05) is 19.1 Å². The summed E-state index contributed by atoms with van der Waals surface area (Å²) in [5, 5.41) is 12.5. The number of nitrogens with one attached hydrogen (secondary N) is 1. The minimum absolute atomic E-state index is 0.129. The number of ether oxygens (including phenoxy) is 1. The van der Waals surface area contributed by atoms with E-state index in [1.165, 1.54) is 0 Å². The van der Waals surface area contributed by atoms with Gasteiger partial charge in [0.15, 0.2) is 0 Å². The first-order chi connectivity index (χ1) is 10.6. The second kappa shape index (κ2) is 6.29. The predicted octanol–water partition coefficient (Wildman–Crippen LogP) is 3.03. The van der Waals surface area contributed by atoms with Crippen molar-refractivity contribution in [2.75, 3.05) is 19.7 Å². The van der Waals surface area contributed by atoms with E-state index in [9.17, 15) is 4.79 Å². The summed E-state index contributed by atoms with van der Waals surface area (Å²) in [6.07, 6.45) is 3.64. The lowest BCUT2D eigenvalue weighted by Crippen LogP contribution is -2.27. The van der Waals surface area contributed by atoms with Crippen molar-refractivity contribution in [3.05, 3.63) is 29.8 Å². The Labute approximate surface area is 131 Å². The molecule has 2 unspecified atom stereocenters. The van der Waals surface area contributed by atoms with Gasteiger partial charge in [-0.15, -0.1) is 0 Å². The van der Waals surface area contributed by atoms with Crippen LogP contribution in [0.15, 0.2) is 24.3 Å². The van der Waals surface area contributed by atoms with Gasteiger partial charge in [0.2, 0.25) is 0 Å². The smallest absolute Gasteiger partial charge is 0.303 e. The fourth-order valence-electron chi connectivity index (χ4n) is 3.33. The number of hydrogen-bond donors (Lipinski definition) is 2. The average molecular weight is 303 g/mol. The van der Waals surface area contributed by atoms with Gasteiger partial charge >= 0.3 is 5.97 Å². The number of carboxylic acids is 1. The van der Waals surface area contributed by atoms with Crippen molar-refractivity contribution >= 4 is 5.97 Å². The molecule has 0 radical (unpaired) electrons. The van der Waals surface area contributed by atoms with Gasteiger partial charge in [-0.3, -0.25) is 4.79 Å². The highest BCUT2D eigenvalue weighted by molar-refractivity contribution is 5.68. The van der Waals surface area contributed by atoms with Crippen LogP contribution in [-0.2, 0) is 4.79 Å². The van der Waals surface area contributed by atoms with Crippen LogP contribution in [0.4, 0.5) is 0 Å². The first-order valence-electron chi connectivity index (χ1n) is 8.21. The molecule has 0 bridgehead atoms. The largest absolute Gasteiger partial charge is 0.493 e. The molecule has 0 aromatic heterocycles. The fourth-order valence-corrected chi connectivity index (χ4v) is 3.33. The van der Waals surface area contributed by atoms with Crippen molar-refractivity contribution < 1.29 is 14.6 Å². The highest BCUT2D eigenvalue weighted by atomic mass is 16.5. The molecule has 3 rings (SSSR count). The Kier molecular flexibility index (Phi) is 4.39. The number of hydrogen-bond acceptors (Lipinski definition) is 3. The first-order valence-corrected chi connectivity index (χ1v) is 8.21. The van der Waals surface area contributed by atoms with E-state index in [2.05, 4.69) is 12.2 Å². The molecule has 1 saturated heterocycles. The molecule has 2 N–H and O–H groups in total. The number of carbonyl (C=O) groups is 1. The molecule has 4 nitrogen and oxygen atoms in total. The molecule has 1 aliphatic heterocycles. The van der Waals surface area contributed by atoms with Gasteiger partial charge in [0.25, 0.3) is 0 Å². The van der Waals surface area contributed by atoms with Gasteiger partial charge in [-0.2, -0.15) is 0 Å². The van der Waals surface area contributed by atoms with Crippen molar-refractivity contribution in [3.8, 4) is 5.75 Å². The molecule has 22 heavy (non-hydrogen) atoms. The molecular formula is C18H25NO3. The lowest BCUT2D eigenvalue weighted by atomic mass is 9.90. The molecule has 1 aromatic rings. The van der Waals surface area contributed by atoms with Crippen LogP contribution in [0.1, 0.15) is 44.1 Å². The minimum Gasteiger partial charge on any atom is -0.493 e. The summed E-state index contributed by atoms with van der Waals surface area (Å²) in [4.78, 5) is 11.1. The molecule has 2 atom stereocenters. The minimum atomic E-state index is -0.715. The normalized spacial score (nSPS) is 25.9. The van der Waals surface area contributed by atoms with Crippen LogP contribution in [0.2, 0.25) is 0 Å². The van der Waals surface area contributed by atoms with Gasteiger partial charge in [-0.25, -0.2) is 0 Å². The van der Waals surface area contributed by atoms with Crippen LogP contribution in [0.25, 0.3) is 0 Å². The lowest BCUT2D eigenvalue weighted by Gasteiger charge is -2.23. The third-order valence-electron chi connectivity index (χ3n) is 4.92. The van der Waals surface area contributed by atoms with Crippen LogP contribution >= 0.6 is 0 Å². The molecule has 2 fully saturated rings. The monoisotopic (exact) mass is 303 g/mol. The van der Waals surface area contributed by atoms with Crippen LogP contribution in [0, 0.1) is 11.3 Å². The van der Waals surface area contributed by atoms with E-state index in [4.69, 9.17) is 9.84 Å². The van der Waals surface area contributed by atoms with E-state index in [0.717, 1.165) is 43.7 Å². The molecule has 0 amide bonds. The third kappa shape index (κ3) is 3.80. The summed E-state index contributed by atoms with van der Waals surface area (Å²) < 4.78 is 6.00. The summed E-state index contributed by atoms with van der Waals surface area (Å²) in [6.45, 7) is 5.00. The Bertz CT molecular complexity index is 533. The van der Waals surface area contributed by atoms with E-state index in [1.54, 1.807) is 0 Å². The van der Waals surface area contributed by atoms with Crippen molar-refractivity contribution in [1.82, 2.24) is 5.32 Å². The topological polar surface area (TPSA) is 58.6 Å². The highest BCUT2D eigenvalue weighted by Crippen LogP contribution is 2.45. The Morgan fingerprint density at radius 3 is 2.95 bits per heavy atom. The second-order valence-electron chi connectivity index (χ2n) is 7.14. The van der Waals surface area contributed by atoms with Gasteiger partial charge in [0.05, 0.1) is 13.0 Å². The lowest BCUT2D eigenvalue weighted by molar-refractivity contribution is -0.137. The zero-order chi connectivity index (χ0) is 15.6. The molecule has 1 aromatic carbocycles. The Hall–Kier alpha value is -1.55. The summed E-state index contributed by atoms with van der Waals surface area (Å²) in [7, 11) is 0. The van der Waals surface area contributed by atoms with E-state index >= 15 is 0 Å². The summed E-state index contributed by atoms with van der Waals surface area (Å²) in [5.41, 5.74) is 1.31. The summed E-state index contributed by atoms with van der Waals surface area (Å²) in [5.74, 6) is 0.808. The maximum atomic E-state index is 11.1. The molecule has 0 spiro atoms. The number of aliphatic carboxylic acids is 1. The van der Waals surface area contributed by atoms with E-state index < -0.39 is 5.97 Å². The molecule has 2 aliphatic rings. The maximum absolute atomic E-state index is 11.1. The van der Waals surface area contributed by atoms with Crippen molar-refractivity contribution in [3.63, 3.8) is 0 Å². The quantitative estimate of drug-likeness (QED) is 0.813. The molecule has 1 heterocycles. The zero-order valence-corrected chi connectivity index (χ0v) is 13.2. The van der Waals surface area contributed by atoms with Crippen LogP contribution < -0.4 is 10.1 Å². The predicted molar refractivity (Wildman–Crippen MR) is 85.2 cm³/mol. The van der Waals surface area contributed by atoms with Crippen molar-refractivity contribution in [1.29, 1.82) is 0 Å². The third-order valence-corrected chi connectivity index (χ3v) is 4.92. The molecule has 1 saturated carbocycles. The van der Waals surface area contributed by atoms with Gasteiger partial charge < -0.3 is 15.2 Å². The zero-order valence-electron chi connectivity index (χ0n) is 13.2. The van der Waals surface area contributed by atoms with Crippen LogP contribution in [0.3, 0.4) is 0 Å².